The van der Waals surface area contributed by atoms with Crippen molar-refractivity contribution in [2.24, 2.45) is 12.9 Å². The molecular formula is C13H16ClFN4. The monoisotopic (exact) mass is 282 g/mol. The van der Waals surface area contributed by atoms with E-state index >= 15 is 0 Å². The first-order valence-electron chi connectivity index (χ1n) is 5.91. The lowest BCUT2D eigenvalue weighted by molar-refractivity contribution is 0.545. The number of hydrogen-bond donors (Lipinski definition) is 2. The fourth-order valence-electron chi connectivity index (χ4n) is 2.04. The molecule has 0 bridgehead atoms. The molecule has 0 spiro atoms. The first-order valence-corrected chi connectivity index (χ1v) is 6.29. The van der Waals surface area contributed by atoms with Crippen LogP contribution in [0.3, 0.4) is 0 Å². The minimum Gasteiger partial charge on any atom is -0.273 e. The van der Waals surface area contributed by atoms with E-state index in [9.17, 15) is 4.39 Å². The van der Waals surface area contributed by atoms with Crippen LogP contribution in [0.1, 0.15) is 22.9 Å². The van der Waals surface area contributed by atoms with Gasteiger partial charge in [0, 0.05) is 23.3 Å². The van der Waals surface area contributed by atoms with E-state index in [1.54, 1.807) is 16.9 Å². The molecule has 19 heavy (non-hydrogen) atoms. The summed E-state index contributed by atoms with van der Waals surface area (Å²) in [7, 11) is 1.86. The summed E-state index contributed by atoms with van der Waals surface area (Å²) in [5.41, 5.74) is 5.44. The Labute approximate surface area is 116 Å². The molecule has 0 aliphatic heterocycles. The van der Waals surface area contributed by atoms with Crippen LogP contribution in [-0.2, 0) is 13.5 Å². The quantitative estimate of drug-likeness (QED) is 0.668. The van der Waals surface area contributed by atoms with Gasteiger partial charge in [-0.15, -0.1) is 0 Å². The largest absolute Gasteiger partial charge is 0.273 e. The summed E-state index contributed by atoms with van der Waals surface area (Å²) >= 11 is 6.07. The van der Waals surface area contributed by atoms with Crippen LogP contribution in [-0.4, -0.2) is 9.78 Å². The Bertz CT molecular complexity index is 582. The van der Waals surface area contributed by atoms with Gasteiger partial charge >= 0.3 is 0 Å². The van der Waals surface area contributed by atoms with Crippen LogP contribution < -0.4 is 11.3 Å². The molecule has 0 aliphatic rings. The van der Waals surface area contributed by atoms with Crippen molar-refractivity contribution < 1.29 is 4.39 Å². The zero-order valence-corrected chi connectivity index (χ0v) is 11.6. The number of aromatic nitrogens is 2. The topological polar surface area (TPSA) is 55.9 Å². The Kier molecular flexibility index (Phi) is 4.19. The molecule has 0 saturated heterocycles. The van der Waals surface area contributed by atoms with Gasteiger partial charge in [0.15, 0.2) is 0 Å². The van der Waals surface area contributed by atoms with Crippen LogP contribution in [0.4, 0.5) is 4.39 Å². The minimum atomic E-state index is -0.307. The highest BCUT2D eigenvalue weighted by atomic mass is 35.5. The summed E-state index contributed by atoms with van der Waals surface area (Å²) in [6, 6.07) is 4.16. The van der Waals surface area contributed by atoms with E-state index in [4.69, 9.17) is 17.4 Å². The fourth-order valence-corrected chi connectivity index (χ4v) is 2.23. The summed E-state index contributed by atoms with van der Waals surface area (Å²) in [6.07, 6.45) is 2.26. The Balaban J connectivity index is 2.29. The van der Waals surface area contributed by atoms with Gasteiger partial charge in [-0.05, 0) is 37.1 Å². The van der Waals surface area contributed by atoms with Crippen molar-refractivity contribution in [3.63, 3.8) is 0 Å². The number of aryl methyl sites for hydroxylation is 1. The Morgan fingerprint density at radius 1 is 1.53 bits per heavy atom. The third kappa shape index (κ3) is 2.94. The average molecular weight is 283 g/mol. The number of halogens is 2. The third-order valence-corrected chi connectivity index (χ3v) is 3.65. The molecule has 1 unspecified atom stereocenters. The van der Waals surface area contributed by atoms with Crippen molar-refractivity contribution in [2.45, 2.75) is 19.4 Å². The molecule has 1 aromatic carbocycles. The first-order chi connectivity index (χ1) is 9.02. The normalized spacial score (nSPS) is 12.7. The molecule has 2 rings (SSSR count). The van der Waals surface area contributed by atoms with Crippen molar-refractivity contribution in [2.75, 3.05) is 0 Å². The fraction of sp³-hybridized carbons (Fsp3) is 0.308. The maximum atomic E-state index is 13.3. The van der Waals surface area contributed by atoms with Gasteiger partial charge < -0.3 is 0 Å². The second kappa shape index (κ2) is 5.69. The van der Waals surface area contributed by atoms with Gasteiger partial charge in [0.05, 0.1) is 12.2 Å². The second-order valence-electron chi connectivity index (χ2n) is 4.47. The van der Waals surface area contributed by atoms with Crippen molar-refractivity contribution in [1.82, 2.24) is 15.2 Å². The van der Waals surface area contributed by atoms with E-state index in [2.05, 4.69) is 10.5 Å². The summed E-state index contributed by atoms with van der Waals surface area (Å²) in [4.78, 5) is 0. The number of benzene rings is 1. The van der Waals surface area contributed by atoms with Crippen molar-refractivity contribution in [3.8, 4) is 0 Å². The lowest BCUT2D eigenvalue weighted by Crippen LogP contribution is -2.30. The molecule has 6 heteroatoms. The smallest absolute Gasteiger partial charge is 0.123 e. The highest BCUT2D eigenvalue weighted by molar-refractivity contribution is 6.31. The first kappa shape index (κ1) is 14.0. The summed E-state index contributed by atoms with van der Waals surface area (Å²) in [5, 5.41) is 4.71. The standard InChI is InChI=1S/C13H16ClFN4/c1-8-11(7-17-19(8)2)13(18-16)6-9-5-10(15)3-4-12(9)14/h3-5,7,13,18H,6,16H2,1-2H3. The van der Waals surface area contributed by atoms with Crippen LogP contribution in [0.5, 0.6) is 0 Å². The molecule has 0 aliphatic carbocycles. The lowest BCUT2D eigenvalue weighted by atomic mass is 10.00. The maximum absolute atomic E-state index is 13.3. The molecule has 1 heterocycles. The summed E-state index contributed by atoms with van der Waals surface area (Å²) in [6.45, 7) is 1.96. The van der Waals surface area contributed by atoms with E-state index in [1.165, 1.54) is 12.1 Å². The molecule has 4 nitrogen and oxygen atoms in total. The highest BCUT2D eigenvalue weighted by Gasteiger charge is 2.17. The van der Waals surface area contributed by atoms with E-state index in [0.29, 0.717) is 17.0 Å². The van der Waals surface area contributed by atoms with Gasteiger partial charge in [-0.3, -0.25) is 16.0 Å². The maximum Gasteiger partial charge on any atom is 0.123 e. The number of nitrogens with zero attached hydrogens (tertiary/aromatic N) is 2. The predicted octanol–water partition coefficient (Wildman–Crippen LogP) is 2.27. The molecule has 1 atom stereocenters. The van der Waals surface area contributed by atoms with Gasteiger partial charge in [0.25, 0.3) is 0 Å². The Morgan fingerprint density at radius 2 is 2.26 bits per heavy atom. The molecule has 3 N–H and O–H groups in total. The molecule has 0 saturated carbocycles. The van der Waals surface area contributed by atoms with Gasteiger partial charge in [-0.25, -0.2) is 4.39 Å². The number of nitrogens with two attached hydrogens (primary N) is 1. The Hall–Kier alpha value is -1.43. The van der Waals surface area contributed by atoms with E-state index in [-0.39, 0.29) is 11.9 Å². The summed E-state index contributed by atoms with van der Waals surface area (Å²) < 4.78 is 15.0. The molecule has 2 aromatic rings. The van der Waals surface area contributed by atoms with Crippen LogP contribution in [0, 0.1) is 12.7 Å². The Morgan fingerprint density at radius 3 is 2.84 bits per heavy atom. The molecule has 102 valence electrons. The number of hydrazine groups is 1. The predicted molar refractivity (Wildman–Crippen MR) is 73.1 cm³/mol. The van der Waals surface area contributed by atoms with E-state index < -0.39 is 0 Å². The molecule has 0 radical (unpaired) electrons. The van der Waals surface area contributed by atoms with Crippen LogP contribution in [0.25, 0.3) is 0 Å². The third-order valence-electron chi connectivity index (χ3n) is 3.28. The zero-order valence-electron chi connectivity index (χ0n) is 10.8. The van der Waals surface area contributed by atoms with Crippen molar-refractivity contribution >= 4 is 11.6 Å². The summed E-state index contributed by atoms with van der Waals surface area (Å²) in [5.74, 6) is 5.29. The molecule has 0 amide bonds. The van der Waals surface area contributed by atoms with Crippen LogP contribution >= 0.6 is 11.6 Å². The molecule has 0 fully saturated rings. The van der Waals surface area contributed by atoms with Gasteiger partial charge in [0.1, 0.15) is 5.82 Å². The number of rotatable bonds is 4. The number of hydrogen-bond acceptors (Lipinski definition) is 3. The van der Waals surface area contributed by atoms with Crippen molar-refractivity contribution in [1.29, 1.82) is 0 Å². The van der Waals surface area contributed by atoms with E-state index in [1.807, 2.05) is 14.0 Å². The molecule has 1 aromatic heterocycles. The number of nitrogens with one attached hydrogen (secondary N) is 1. The van der Waals surface area contributed by atoms with E-state index in [0.717, 1.165) is 11.3 Å². The van der Waals surface area contributed by atoms with Crippen molar-refractivity contribution in [3.05, 3.63) is 52.1 Å². The minimum absolute atomic E-state index is 0.159. The second-order valence-corrected chi connectivity index (χ2v) is 4.88. The molecular weight excluding hydrogens is 267 g/mol. The SMILES string of the molecule is Cc1c(C(Cc2cc(F)ccc2Cl)NN)cnn1C. The van der Waals surface area contributed by atoms with Gasteiger partial charge in [0.2, 0.25) is 0 Å². The van der Waals surface area contributed by atoms with Crippen LogP contribution in [0.2, 0.25) is 5.02 Å². The zero-order chi connectivity index (χ0) is 14.0. The van der Waals surface area contributed by atoms with Gasteiger partial charge in [-0.2, -0.15) is 5.10 Å². The lowest BCUT2D eigenvalue weighted by Gasteiger charge is -2.16. The highest BCUT2D eigenvalue weighted by Crippen LogP contribution is 2.25. The van der Waals surface area contributed by atoms with Crippen LogP contribution in [0.15, 0.2) is 24.4 Å². The average Bonchev–Trinajstić information content (AvgIpc) is 2.71. The van der Waals surface area contributed by atoms with Gasteiger partial charge in [-0.1, -0.05) is 11.6 Å².